The van der Waals surface area contributed by atoms with E-state index in [9.17, 15) is 13.6 Å². The van der Waals surface area contributed by atoms with Gasteiger partial charge >= 0.3 is 0 Å². The summed E-state index contributed by atoms with van der Waals surface area (Å²) in [7, 11) is 0. The molecular weight excluding hydrogens is 352 g/mol. The van der Waals surface area contributed by atoms with Crippen molar-refractivity contribution in [2.24, 2.45) is 0 Å². The third-order valence-corrected chi connectivity index (χ3v) is 4.41. The summed E-state index contributed by atoms with van der Waals surface area (Å²) in [5, 5.41) is 4.77. The van der Waals surface area contributed by atoms with Crippen molar-refractivity contribution in [2.75, 3.05) is 5.32 Å². The number of carbonyl (C=O) groups is 1. The summed E-state index contributed by atoms with van der Waals surface area (Å²) in [4.78, 5) is 13.1. The van der Waals surface area contributed by atoms with E-state index in [2.05, 4.69) is 17.2 Å². The molecule has 2 aromatic carbocycles. The molecule has 0 radical (unpaired) electrons. The van der Waals surface area contributed by atoms with Crippen LogP contribution >= 0.6 is 11.3 Å². The van der Waals surface area contributed by atoms with E-state index < -0.39 is 11.6 Å². The number of nitrogens with one attached hydrogen (secondary N) is 1. The second-order valence-corrected chi connectivity index (χ2v) is 6.55. The molecule has 1 heterocycles. The fourth-order valence-electron chi connectivity index (χ4n) is 2.33. The molecule has 1 N–H and O–H groups in total. The van der Waals surface area contributed by atoms with Gasteiger partial charge in [0.2, 0.25) is 5.91 Å². The van der Waals surface area contributed by atoms with Gasteiger partial charge in [0.25, 0.3) is 0 Å². The Kier molecular flexibility index (Phi) is 5.77. The van der Waals surface area contributed by atoms with Gasteiger partial charge in [-0.1, -0.05) is 30.0 Å². The van der Waals surface area contributed by atoms with Crippen LogP contribution in [0.1, 0.15) is 22.4 Å². The zero-order valence-electron chi connectivity index (χ0n) is 13.8. The standard InChI is InChI=1S/C21H15F2NOS/c22-19-10-7-16(14-20(19)23)8-11-21(25)24-17-4-1-3-15(13-17)6-9-18-5-2-12-26-18/h1-5,7,10,12-14H,8,11H2,(H,24,25). The molecule has 2 nitrogen and oxygen atoms in total. The Labute approximate surface area is 154 Å². The van der Waals surface area contributed by atoms with Crippen LogP contribution < -0.4 is 5.32 Å². The lowest BCUT2D eigenvalue weighted by atomic mass is 10.1. The molecule has 3 rings (SSSR count). The zero-order chi connectivity index (χ0) is 18.4. The van der Waals surface area contributed by atoms with Gasteiger partial charge in [0.1, 0.15) is 0 Å². The highest BCUT2D eigenvalue weighted by Crippen LogP contribution is 2.13. The van der Waals surface area contributed by atoms with Crippen LogP contribution in [0.4, 0.5) is 14.5 Å². The van der Waals surface area contributed by atoms with Crippen LogP contribution in [0.15, 0.2) is 60.0 Å². The molecule has 0 aliphatic carbocycles. The second kappa shape index (κ2) is 8.41. The van der Waals surface area contributed by atoms with Crippen LogP contribution in [0.25, 0.3) is 0 Å². The normalized spacial score (nSPS) is 10.1. The Morgan fingerprint density at radius 1 is 1.00 bits per heavy atom. The van der Waals surface area contributed by atoms with Gasteiger partial charge in [-0.25, -0.2) is 8.78 Å². The lowest BCUT2D eigenvalue weighted by Gasteiger charge is -2.06. The summed E-state index contributed by atoms with van der Waals surface area (Å²) in [6.07, 6.45) is 0.511. The number of hydrogen-bond acceptors (Lipinski definition) is 2. The first kappa shape index (κ1) is 17.8. The highest BCUT2D eigenvalue weighted by Gasteiger charge is 2.06. The molecule has 0 atom stereocenters. The minimum absolute atomic E-state index is 0.177. The lowest BCUT2D eigenvalue weighted by molar-refractivity contribution is -0.116. The summed E-state index contributed by atoms with van der Waals surface area (Å²) in [6.45, 7) is 0. The topological polar surface area (TPSA) is 29.1 Å². The number of thiophene rings is 1. The van der Waals surface area contributed by atoms with Crippen molar-refractivity contribution in [1.82, 2.24) is 0 Å². The molecule has 0 bridgehead atoms. The van der Waals surface area contributed by atoms with E-state index in [-0.39, 0.29) is 12.3 Å². The largest absolute Gasteiger partial charge is 0.326 e. The number of hydrogen-bond donors (Lipinski definition) is 1. The van der Waals surface area contributed by atoms with Crippen LogP contribution in [-0.4, -0.2) is 5.91 Å². The van der Waals surface area contributed by atoms with E-state index >= 15 is 0 Å². The summed E-state index contributed by atoms with van der Waals surface area (Å²) < 4.78 is 26.1. The number of carbonyl (C=O) groups excluding carboxylic acids is 1. The SMILES string of the molecule is O=C(CCc1ccc(F)c(F)c1)Nc1cccc(C#Cc2cccs2)c1. The molecule has 0 spiro atoms. The Bertz CT molecular complexity index is 971. The molecule has 130 valence electrons. The Morgan fingerprint density at radius 3 is 2.65 bits per heavy atom. The van der Waals surface area contributed by atoms with Crippen molar-refractivity contribution >= 4 is 22.9 Å². The molecule has 0 aliphatic heterocycles. The molecule has 1 aromatic heterocycles. The number of halogens is 2. The summed E-state index contributed by atoms with van der Waals surface area (Å²) >= 11 is 1.57. The molecule has 0 saturated heterocycles. The fraction of sp³-hybridized carbons (Fsp3) is 0.0952. The first-order valence-corrected chi connectivity index (χ1v) is 8.87. The van der Waals surface area contributed by atoms with Crippen molar-refractivity contribution in [3.05, 3.63) is 87.6 Å². The van der Waals surface area contributed by atoms with Crippen LogP contribution in [0.5, 0.6) is 0 Å². The molecule has 0 aliphatic rings. The number of aryl methyl sites for hydroxylation is 1. The fourth-order valence-corrected chi connectivity index (χ4v) is 2.91. The van der Waals surface area contributed by atoms with E-state index in [4.69, 9.17) is 0 Å². The minimum Gasteiger partial charge on any atom is -0.326 e. The van der Waals surface area contributed by atoms with Crippen LogP contribution in [0.2, 0.25) is 0 Å². The van der Waals surface area contributed by atoms with Gasteiger partial charge < -0.3 is 5.32 Å². The average molecular weight is 367 g/mol. The molecular formula is C21H15F2NOS. The van der Waals surface area contributed by atoms with Gasteiger partial charge in [0.05, 0.1) is 4.88 Å². The van der Waals surface area contributed by atoms with Gasteiger partial charge in [0, 0.05) is 17.7 Å². The highest BCUT2D eigenvalue weighted by atomic mass is 32.1. The first-order chi connectivity index (χ1) is 12.6. The quantitative estimate of drug-likeness (QED) is 0.646. The van der Waals surface area contributed by atoms with Crippen molar-refractivity contribution in [2.45, 2.75) is 12.8 Å². The molecule has 1 amide bonds. The molecule has 26 heavy (non-hydrogen) atoms. The predicted molar refractivity (Wildman–Crippen MR) is 100 cm³/mol. The van der Waals surface area contributed by atoms with Gasteiger partial charge in [-0.15, -0.1) is 11.3 Å². The van der Waals surface area contributed by atoms with E-state index in [1.807, 2.05) is 29.6 Å². The Balaban J connectivity index is 1.58. The third-order valence-electron chi connectivity index (χ3n) is 3.62. The number of anilines is 1. The summed E-state index contributed by atoms with van der Waals surface area (Å²) in [5.41, 5.74) is 2.03. The van der Waals surface area contributed by atoms with Crippen molar-refractivity contribution in [1.29, 1.82) is 0 Å². The predicted octanol–water partition coefficient (Wildman–Crippen LogP) is 5.00. The van der Waals surface area contributed by atoms with E-state index in [1.54, 1.807) is 23.5 Å². The smallest absolute Gasteiger partial charge is 0.224 e. The van der Waals surface area contributed by atoms with E-state index in [0.717, 1.165) is 22.6 Å². The van der Waals surface area contributed by atoms with Crippen molar-refractivity contribution in [3.63, 3.8) is 0 Å². The van der Waals surface area contributed by atoms with Crippen LogP contribution in [0, 0.1) is 23.5 Å². The first-order valence-electron chi connectivity index (χ1n) is 7.99. The van der Waals surface area contributed by atoms with Gasteiger partial charge in [-0.05, 0) is 53.8 Å². The Hall–Kier alpha value is -2.97. The number of benzene rings is 2. The maximum Gasteiger partial charge on any atom is 0.224 e. The molecule has 5 heteroatoms. The van der Waals surface area contributed by atoms with Gasteiger partial charge in [-0.3, -0.25) is 4.79 Å². The van der Waals surface area contributed by atoms with Gasteiger partial charge in [-0.2, -0.15) is 0 Å². The van der Waals surface area contributed by atoms with E-state index in [0.29, 0.717) is 17.7 Å². The van der Waals surface area contributed by atoms with Crippen LogP contribution in [-0.2, 0) is 11.2 Å². The minimum atomic E-state index is -0.903. The molecule has 0 unspecified atom stereocenters. The average Bonchev–Trinajstić information content (AvgIpc) is 3.15. The molecule has 0 fully saturated rings. The molecule has 3 aromatic rings. The van der Waals surface area contributed by atoms with E-state index in [1.165, 1.54) is 6.07 Å². The number of amides is 1. The lowest BCUT2D eigenvalue weighted by Crippen LogP contribution is -2.12. The number of rotatable bonds is 4. The van der Waals surface area contributed by atoms with Crippen molar-refractivity contribution < 1.29 is 13.6 Å². The maximum atomic E-state index is 13.2. The zero-order valence-corrected chi connectivity index (χ0v) is 14.6. The highest BCUT2D eigenvalue weighted by molar-refractivity contribution is 7.10. The summed E-state index contributed by atoms with van der Waals surface area (Å²) in [6, 6.07) is 14.8. The van der Waals surface area contributed by atoms with Crippen molar-refractivity contribution in [3.8, 4) is 11.8 Å². The maximum absolute atomic E-state index is 13.2. The second-order valence-electron chi connectivity index (χ2n) is 5.60. The summed E-state index contributed by atoms with van der Waals surface area (Å²) in [5.74, 6) is 4.14. The Morgan fingerprint density at radius 2 is 1.88 bits per heavy atom. The van der Waals surface area contributed by atoms with Crippen LogP contribution in [0.3, 0.4) is 0 Å². The van der Waals surface area contributed by atoms with Gasteiger partial charge in [0.15, 0.2) is 11.6 Å². The molecule has 0 saturated carbocycles. The monoisotopic (exact) mass is 367 g/mol. The third kappa shape index (κ3) is 5.01.